The Kier molecular flexibility index (Phi) is 4.00. The minimum atomic E-state index is -0.996. The summed E-state index contributed by atoms with van der Waals surface area (Å²) in [6.45, 7) is -0.178. The molecule has 0 bridgehead atoms. The second-order valence-corrected chi connectivity index (χ2v) is 4.42. The van der Waals surface area contributed by atoms with Crippen molar-refractivity contribution in [1.29, 1.82) is 0 Å². The monoisotopic (exact) mass is 248 g/mol. The molecule has 4 atom stereocenters. The van der Waals surface area contributed by atoms with E-state index < -0.39 is 24.4 Å². The topological polar surface area (TPSA) is 69.9 Å². The van der Waals surface area contributed by atoms with Gasteiger partial charge in [0.1, 0.15) is 12.2 Å². The molecule has 0 radical (unpaired) electrons. The highest BCUT2D eigenvalue weighted by atomic mass is 16.5. The highest BCUT2D eigenvalue weighted by Gasteiger charge is 2.37. The summed E-state index contributed by atoms with van der Waals surface area (Å²) in [5.41, 5.74) is 1.47. The van der Waals surface area contributed by atoms with Crippen molar-refractivity contribution < 1.29 is 20.1 Å². The summed E-state index contributed by atoms with van der Waals surface area (Å²) in [5.74, 6) is 2.50. The number of ether oxygens (including phenoxy) is 1. The van der Waals surface area contributed by atoms with Gasteiger partial charge in [0.15, 0.2) is 0 Å². The molecule has 0 aromatic heterocycles. The number of hydrogen-bond acceptors (Lipinski definition) is 4. The van der Waals surface area contributed by atoms with Gasteiger partial charge in [0.2, 0.25) is 0 Å². The Bertz CT molecular complexity index is 434. The van der Waals surface area contributed by atoms with Gasteiger partial charge in [0, 0.05) is 12.0 Å². The predicted octanol–water partition coefficient (Wildman–Crippen LogP) is 0.212. The Morgan fingerprint density at radius 3 is 2.50 bits per heavy atom. The molecule has 18 heavy (non-hydrogen) atoms. The van der Waals surface area contributed by atoms with Crippen LogP contribution in [0.15, 0.2) is 24.3 Å². The van der Waals surface area contributed by atoms with Gasteiger partial charge in [-0.25, -0.2) is 0 Å². The fraction of sp³-hybridized carbons (Fsp3) is 0.429. The predicted molar refractivity (Wildman–Crippen MR) is 65.7 cm³/mol. The minimum absolute atomic E-state index is 0.178. The van der Waals surface area contributed by atoms with Crippen LogP contribution in [0.4, 0.5) is 0 Å². The Morgan fingerprint density at radius 1 is 1.28 bits per heavy atom. The molecule has 4 heteroatoms. The Morgan fingerprint density at radius 2 is 1.94 bits per heavy atom. The first-order valence-corrected chi connectivity index (χ1v) is 5.84. The lowest BCUT2D eigenvalue weighted by Gasteiger charge is -2.36. The summed E-state index contributed by atoms with van der Waals surface area (Å²) in [7, 11) is 0. The summed E-state index contributed by atoms with van der Waals surface area (Å²) in [5, 5.41) is 28.8. The van der Waals surface area contributed by atoms with Crippen LogP contribution >= 0.6 is 0 Å². The van der Waals surface area contributed by atoms with Gasteiger partial charge < -0.3 is 20.1 Å². The molecule has 1 aromatic rings. The van der Waals surface area contributed by atoms with E-state index in [1.54, 1.807) is 24.3 Å². The zero-order valence-corrected chi connectivity index (χ0v) is 9.86. The normalized spacial score (nSPS) is 31.9. The number of aliphatic hydroxyl groups excluding tert-OH is 3. The van der Waals surface area contributed by atoms with E-state index in [0.717, 1.165) is 11.1 Å². The maximum absolute atomic E-state index is 9.93. The molecule has 1 saturated heterocycles. The number of hydrogen-bond donors (Lipinski definition) is 3. The number of benzene rings is 1. The lowest BCUT2D eigenvalue weighted by Crippen LogP contribution is -2.44. The average molecular weight is 248 g/mol. The van der Waals surface area contributed by atoms with Crippen LogP contribution in [0.5, 0.6) is 0 Å². The second kappa shape index (κ2) is 5.51. The molecule has 3 N–H and O–H groups in total. The fourth-order valence-corrected chi connectivity index (χ4v) is 2.12. The van der Waals surface area contributed by atoms with Crippen molar-refractivity contribution in [3.05, 3.63) is 35.4 Å². The molecule has 2 rings (SSSR count). The molecule has 0 saturated carbocycles. The largest absolute Gasteiger partial charge is 0.394 e. The Hall–Kier alpha value is -1.38. The molecular formula is C14H16O4. The molecule has 4 unspecified atom stereocenters. The summed E-state index contributed by atoms with van der Waals surface area (Å²) in [4.78, 5) is 0. The molecule has 4 nitrogen and oxygen atoms in total. The van der Waals surface area contributed by atoms with Crippen LogP contribution in [-0.2, 0) is 4.74 Å². The third kappa shape index (κ3) is 2.55. The first-order valence-electron chi connectivity index (χ1n) is 5.84. The zero-order chi connectivity index (χ0) is 13.1. The standard InChI is InChI=1S/C14H16O4/c1-2-9-3-5-10(6-4-9)14-13(17)12(16)7-11(8-15)18-14/h1,3-6,11-17H,7-8H2. The van der Waals surface area contributed by atoms with Gasteiger partial charge in [-0.1, -0.05) is 18.1 Å². The zero-order valence-electron chi connectivity index (χ0n) is 9.86. The van der Waals surface area contributed by atoms with Crippen molar-refractivity contribution in [1.82, 2.24) is 0 Å². The minimum Gasteiger partial charge on any atom is -0.394 e. The summed E-state index contributed by atoms with van der Waals surface area (Å²) >= 11 is 0. The number of aliphatic hydroxyl groups is 3. The number of rotatable bonds is 2. The summed E-state index contributed by atoms with van der Waals surface area (Å²) in [6.07, 6.45) is 2.51. The van der Waals surface area contributed by atoms with Gasteiger partial charge in [-0.05, 0) is 17.7 Å². The van der Waals surface area contributed by atoms with Crippen LogP contribution in [0.25, 0.3) is 0 Å². The van der Waals surface area contributed by atoms with E-state index in [9.17, 15) is 10.2 Å². The van der Waals surface area contributed by atoms with E-state index in [0.29, 0.717) is 0 Å². The van der Waals surface area contributed by atoms with E-state index in [1.165, 1.54) is 0 Å². The maximum atomic E-state index is 9.93. The molecule has 0 spiro atoms. The highest BCUT2D eigenvalue weighted by molar-refractivity contribution is 5.35. The van der Waals surface area contributed by atoms with Crippen LogP contribution in [0, 0.1) is 12.3 Å². The maximum Gasteiger partial charge on any atom is 0.111 e. The molecule has 1 aliphatic heterocycles. The third-order valence-electron chi connectivity index (χ3n) is 3.16. The smallest absolute Gasteiger partial charge is 0.111 e. The van der Waals surface area contributed by atoms with E-state index >= 15 is 0 Å². The molecule has 1 fully saturated rings. The number of terminal acetylenes is 1. The van der Waals surface area contributed by atoms with Gasteiger partial charge in [-0.3, -0.25) is 0 Å². The second-order valence-electron chi connectivity index (χ2n) is 4.42. The highest BCUT2D eigenvalue weighted by Crippen LogP contribution is 2.31. The van der Waals surface area contributed by atoms with E-state index in [2.05, 4.69) is 5.92 Å². The van der Waals surface area contributed by atoms with Crippen molar-refractivity contribution in [3.8, 4) is 12.3 Å². The van der Waals surface area contributed by atoms with Crippen molar-refractivity contribution >= 4 is 0 Å². The van der Waals surface area contributed by atoms with Crippen molar-refractivity contribution in [2.24, 2.45) is 0 Å². The molecule has 0 amide bonds. The molecule has 1 heterocycles. The first kappa shape index (κ1) is 13.1. The molecule has 1 aromatic carbocycles. The Labute approximate surface area is 106 Å². The molecular weight excluding hydrogens is 232 g/mol. The van der Waals surface area contributed by atoms with Crippen molar-refractivity contribution in [3.63, 3.8) is 0 Å². The lowest BCUT2D eigenvalue weighted by atomic mass is 9.93. The quantitative estimate of drug-likeness (QED) is 0.654. The van der Waals surface area contributed by atoms with Gasteiger partial charge in [-0.15, -0.1) is 6.42 Å². The lowest BCUT2D eigenvalue weighted by molar-refractivity contribution is -0.179. The van der Waals surface area contributed by atoms with E-state index in [1.807, 2.05) is 0 Å². The van der Waals surface area contributed by atoms with Crippen molar-refractivity contribution in [2.75, 3.05) is 6.61 Å². The molecule has 96 valence electrons. The third-order valence-corrected chi connectivity index (χ3v) is 3.16. The van der Waals surface area contributed by atoms with E-state index in [-0.39, 0.29) is 13.0 Å². The first-order chi connectivity index (χ1) is 8.65. The van der Waals surface area contributed by atoms with Crippen LogP contribution in [-0.4, -0.2) is 40.2 Å². The van der Waals surface area contributed by atoms with Crippen LogP contribution in [0.3, 0.4) is 0 Å². The van der Waals surface area contributed by atoms with Crippen molar-refractivity contribution in [2.45, 2.75) is 30.8 Å². The van der Waals surface area contributed by atoms with Crippen LogP contribution in [0.2, 0.25) is 0 Å². The van der Waals surface area contributed by atoms with Crippen LogP contribution < -0.4 is 0 Å². The molecule has 0 aliphatic carbocycles. The van der Waals surface area contributed by atoms with Gasteiger partial charge in [0.05, 0.1) is 18.8 Å². The van der Waals surface area contributed by atoms with Crippen LogP contribution in [0.1, 0.15) is 23.7 Å². The van der Waals surface area contributed by atoms with Gasteiger partial charge >= 0.3 is 0 Å². The molecule has 1 aliphatic rings. The van der Waals surface area contributed by atoms with E-state index in [4.69, 9.17) is 16.3 Å². The summed E-state index contributed by atoms with van der Waals surface area (Å²) in [6, 6.07) is 7.02. The summed E-state index contributed by atoms with van der Waals surface area (Å²) < 4.78 is 5.57. The van der Waals surface area contributed by atoms with Gasteiger partial charge in [0.25, 0.3) is 0 Å². The van der Waals surface area contributed by atoms with Gasteiger partial charge in [-0.2, -0.15) is 0 Å². The average Bonchev–Trinajstić information content (AvgIpc) is 2.42. The SMILES string of the molecule is C#Cc1ccc(C2OC(CO)CC(O)C2O)cc1. The fourth-order valence-electron chi connectivity index (χ4n) is 2.12. The Balaban J connectivity index is 2.21.